The number of nitrogen functional groups attached to an aromatic ring is 1. The van der Waals surface area contributed by atoms with Crippen molar-refractivity contribution in [1.29, 1.82) is 5.41 Å². The third kappa shape index (κ3) is 3.77. The normalized spacial score (nSPS) is 16.4. The Bertz CT molecular complexity index is 459. The van der Waals surface area contributed by atoms with Crippen LogP contribution >= 0.6 is 0 Å². The highest BCUT2D eigenvalue weighted by Gasteiger charge is 2.32. The van der Waals surface area contributed by atoms with Crippen LogP contribution in [0, 0.1) is 11.3 Å². The smallest absolute Gasteiger partial charge is 0.142 e. The second-order valence-electron chi connectivity index (χ2n) is 5.47. The molecule has 0 aromatic carbocycles. The topological polar surface area (TPSA) is 75.2 Å². The van der Waals surface area contributed by atoms with Crippen LogP contribution in [0.3, 0.4) is 0 Å². The molecular formula is C15H24N4O. The monoisotopic (exact) mass is 276 g/mol. The van der Waals surface area contributed by atoms with Crippen molar-refractivity contribution < 1.29 is 4.74 Å². The van der Waals surface area contributed by atoms with E-state index in [4.69, 9.17) is 15.9 Å². The van der Waals surface area contributed by atoms with E-state index in [9.17, 15) is 0 Å². The van der Waals surface area contributed by atoms with Crippen LogP contribution in [-0.2, 0) is 11.3 Å². The molecule has 5 heteroatoms. The molecule has 2 rings (SSSR count). The Balaban J connectivity index is 2.11. The van der Waals surface area contributed by atoms with Crippen LogP contribution < -0.4 is 5.73 Å². The lowest BCUT2D eigenvalue weighted by atomic mass is 10.1. The minimum Gasteiger partial charge on any atom is -0.383 e. The first kappa shape index (κ1) is 14.9. The highest BCUT2D eigenvalue weighted by Crippen LogP contribution is 2.35. The first-order valence-corrected chi connectivity index (χ1v) is 7.14. The molecule has 3 N–H and O–H groups in total. The summed E-state index contributed by atoms with van der Waals surface area (Å²) in [5, 5.41) is 7.63. The first-order chi connectivity index (χ1) is 9.63. The molecule has 0 spiro atoms. The fraction of sp³-hybridized carbons (Fsp3) is 0.600. The average Bonchev–Trinajstić information content (AvgIpc) is 3.27. The highest BCUT2D eigenvalue weighted by atomic mass is 16.5. The molecule has 20 heavy (non-hydrogen) atoms. The van der Waals surface area contributed by atoms with Gasteiger partial charge in [0.1, 0.15) is 11.5 Å². The molecular weight excluding hydrogens is 252 g/mol. The average molecular weight is 276 g/mol. The lowest BCUT2D eigenvalue weighted by Gasteiger charge is -2.29. The zero-order valence-electron chi connectivity index (χ0n) is 12.3. The van der Waals surface area contributed by atoms with Gasteiger partial charge in [0.2, 0.25) is 0 Å². The molecule has 1 atom stereocenters. The summed E-state index contributed by atoms with van der Waals surface area (Å²) >= 11 is 0. The predicted octanol–water partition coefficient (Wildman–Crippen LogP) is 1.61. The molecule has 0 radical (unpaired) electrons. The van der Waals surface area contributed by atoms with Crippen LogP contribution in [-0.4, -0.2) is 42.0 Å². The van der Waals surface area contributed by atoms with Gasteiger partial charge < -0.3 is 10.5 Å². The van der Waals surface area contributed by atoms with Gasteiger partial charge in [-0.15, -0.1) is 0 Å². The highest BCUT2D eigenvalue weighted by molar-refractivity contribution is 5.94. The summed E-state index contributed by atoms with van der Waals surface area (Å²) in [7, 11) is 1.73. The third-order valence-electron chi connectivity index (χ3n) is 3.98. The van der Waals surface area contributed by atoms with Crippen LogP contribution in [0.1, 0.15) is 31.0 Å². The Hall–Kier alpha value is -1.46. The molecule has 0 bridgehead atoms. The van der Waals surface area contributed by atoms with E-state index < -0.39 is 0 Å². The van der Waals surface area contributed by atoms with Crippen molar-refractivity contribution in [3.05, 3.63) is 29.6 Å². The number of nitrogens with two attached hydrogens (primary N) is 1. The van der Waals surface area contributed by atoms with Crippen LogP contribution in [0.15, 0.2) is 18.3 Å². The van der Waals surface area contributed by atoms with Gasteiger partial charge in [-0.05, 0) is 37.3 Å². The number of nitrogens with one attached hydrogen (secondary N) is 1. The van der Waals surface area contributed by atoms with E-state index in [2.05, 4.69) is 16.8 Å². The van der Waals surface area contributed by atoms with E-state index in [1.807, 2.05) is 12.1 Å². The van der Waals surface area contributed by atoms with Gasteiger partial charge >= 0.3 is 0 Å². The number of rotatable bonds is 8. The van der Waals surface area contributed by atoms with Gasteiger partial charge in [0.15, 0.2) is 0 Å². The summed E-state index contributed by atoms with van der Waals surface area (Å²) in [5.74, 6) is 0.829. The van der Waals surface area contributed by atoms with Crippen LogP contribution in [0.2, 0.25) is 0 Å². The minimum absolute atomic E-state index is 0.0337. The van der Waals surface area contributed by atoms with Gasteiger partial charge in [-0.3, -0.25) is 15.3 Å². The fourth-order valence-corrected chi connectivity index (χ4v) is 2.54. The quantitative estimate of drug-likeness (QED) is 0.559. The van der Waals surface area contributed by atoms with Crippen molar-refractivity contribution >= 4 is 5.84 Å². The molecule has 110 valence electrons. The van der Waals surface area contributed by atoms with Gasteiger partial charge in [-0.25, -0.2) is 0 Å². The molecule has 1 saturated carbocycles. The summed E-state index contributed by atoms with van der Waals surface area (Å²) < 4.78 is 5.21. The Kier molecular flexibility index (Phi) is 5.09. The molecule has 0 saturated heterocycles. The second-order valence-corrected chi connectivity index (χ2v) is 5.47. The van der Waals surface area contributed by atoms with Crippen molar-refractivity contribution in [1.82, 2.24) is 9.88 Å². The van der Waals surface area contributed by atoms with E-state index in [0.717, 1.165) is 24.6 Å². The Morgan fingerprint density at radius 1 is 1.60 bits per heavy atom. The number of nitrogens with zero attached hydrogens (tertiary/aromatic N) is 2. The summed E-state index contributed by atoms with van der Waals surface area (Å²) in [6, 6.07) is 4.44. The minimum atomic E-state index is 0.0337. The molecule has 1 unspecified atom stereocenters. The van der Waals surface area contributed by atoms with Crippen molar-refractivity contribution in [3.8, 4) is 0 Å². The van der Waals surface area contributed by atoms with Crippen LogP contribution in [0.25, 0.3) is 0 Å². The third-order valence-corrected chi connectivity index (χ3v) is 3.98. The van der Waals surface area contributed by atoms with E-state index in [-0.39, 0.29) is 5.84 Å². The number of hydrogen-bond acceptors (Lipinski definition) is 4. The predicted molar refractivity (Wildman–Crippen MR) is 79.7 cm³/mol. The van der Waals surface area contributed by atoms with Crippen molar-refractivity contribution in [2.45, 2.75) is 32.4 Å². The first-order valence-electron chi connectivity index (χ1n) is 7.14. The molecule has 5 nitrogen and oxygen atoms in total. The zero-order valence-corrected chi connectivity index (χ0v) is 12.3. The Labute approximate surface area is 120 Å². The maximum Gasteiger partial charge on any atom is 0.142 e. The molecule has 0 aliphatic heterocycles. The maximum atomic E-state index is 7.63. The summed E-state index contributed by atoms with van der Waals surface area (Å²) in [6.07, 6.45) is 4.32. The number of aromatic nitrogens is 1. The second kappa shape index (κ2) is 6.81. The molecule has 0 amide bonds. The van der Waals surface area contributed by atoms with Crippen molar-refractivity contribution in [3.63, 3.8) is 0 Å². The maximum absolute atomic E-state index is 7.63. The number of amidine groups is 1. The largest absolute Gasteiger partial charge is 0.383 e. The van der Waals surface area contributed by atoms with Crippen LogP contribution in [0.4, 0.5) is 0 Å². The molecule has 1 fully saturated rings. The van der Waals surface area contributed by atoms with Crippen molar-refractivity contribution in [2.75, 3.05) is 20.3 Å². The summed E-state index contributed by atoms with van der Waals surface area (Å²) in [6.45, 7) is 4.65. The number of ether oxygens (including phenoxy) is 1. The van der Waals surface area contributed by atoms with Gasteiger partial charge in [0.05, 0.1) is 6.61 Å². The van der Waals surface area contributed by atoms with Crippen LogP contribution in [0.5, 0.6) is 0 Å². The number of hydrogen-bond donors (Lipinski definition) is 2. The zero-order chi connectivity index (χ0) is 14.5. The molecule has 1 aromatic rings. The number of methoxy groups -OCH3 is 1. The van der Waals surface area contributed by atoms with Gasteiger partial charge in [0, 0.05) is 32.4 Å². The van der Waals surface area contributed by atoms with E-state index >= 15 is 0 Å². The van der Waals surface area contributed by atoms with Crippen molar-refractivity contribution in [2.24, 2.45) is 11.7 Å². The standard InChI is InChI=1S/C15H24N4O/c1-11(12-5-6-12)19(8-9-20-2)10-13-4-3-7-18-14(13)15(16)17/h3-4,7,11-12H,5-6,8-10H2,1-2H3,(H3,16,17). The summed E-state index contributed by atoms with van der Waals surface area (Å²) in [4.78, 5) is 6.63. The lowest BCUT2D eigenvalue weighted by Crippen LogP contribution is -2.37. The fourth-order valence-electron chi connectivity index (χ4n) is 2.54. The van der Waals surface area contributed by atoms with Gasteiger partial charge in [-0.2, -0.15) is 0 Å². The molecule has 1 aromatic heterocycles. The Morgan fingerprint density at radius 3 is 2.95 bits per heavy atom. The molecule has 1 aliphatic rings. The Morgan fingerprint density at radius 2 is 2.35 bits per heavy atom. The van der Waals surface area contributed by atoms with E-state index in [1.165, 1.54) is 12.8 Å². The van der Waals surface area contributed by atoms with Gasteiger partial charge in [0.25, 0.3) is 0 Å². The molecule has 1 heterocycles. The summed E-state index contributed by atoms with van der Waals surface area (Å²) in [5.41, 5.74) is 7.23. The SMILES string of the molecule is COCCN(Cc1cccnc1C(=N)N)C(C)C1CC1. The lowest BCUT2D eigenvalue weighted by molar-refractivity contribution is 0.111. The number of pyridine rings is 1. The molecule has 1 aliphatic carbocycles. The van der Waals surface area contributed by atoms with E-state index in [1.54, 1.807) is 13.3 Å². The van der Waals surface area contributed by atoms with Gasteiger partial charge in [-0.1, -0.05) is 6.07 Å². The van der Waals surface area contributed by atoms with E-state index in [0.29, 0.717) is 18.3 Å².